The highest BCUT2D eigenvalue weighted by Gasteiger charge is 2.15. The Kier molecular flexibility index (Phi) is 6.16. The van der Waals surface area contributed by atoms with Gasteiger partial charge in [0.05, 0.1) is 5.75 Å². The Labute approximate surface area is 142 Å². The molecule has 5 nitrogen and oxygen atoms in total. The van der Waals surface area contributed by atoms with Gasteiger partial charge in [0.15, 0.2) is 0 Å². The standard InChI is InChI=1S/C16H15F3N2O3S/c17-12-6-4-11(5-7-12)16(22)20-8-9-25(23,24)21-10-13-14(18)2-1-3-15(13)19/h1-7,21H,8-10H2,(H,20,22). The van der Waals surface area contributed by atoms with Gasteiger partial charge in [0, 0.05) is 24.2 Å². The molecular formula is C16H15F3N2O3S. The summed E-state index contributed by atoms with van der Waals surface area (Å²) in [6.45, 7) is -0.752. The quantitative estimate of drug-likeness (QED) is 0.780. The van der Waals surface area contributed by atoms with Gasteiger partial charge in [0.2, 0.25) is 10.0 Å². The van der Waals surface area contributed by atoms with Crippen LogP contribution in [0.1, 0.15) is 15.9 Å². The molecule has 0 aliphatic rings. The molecule has 0 heterocycles. The van der Waals surface area contributed by atoms with Crippen LogP contribution in [-0.4, -0.2) is 26.6 Å². The average molecular weight is 372 g/mol. The second kappa shape index (κ2) is 8.13. The summed E-state index contributed by atoms with van der Waals surface area (Å²) in [5, 5.41) is 2.37. The van der Waals surface area contributed by atoms with Crippen LogP contribution < -0.4 is 10.0 Å². The number of sulfonamides is 1. The van der Waals surface area contributed by atoms with E-state index < -0.39 is 45.7 Å². The molecule has 9 heteroatoms. The first-order valence-electron chi connectivity index (χ1n) is 7.22. The van der Waals surface area contributed by atoms with Crippen LogP contribution in [-0.2, 0) is 16.6 Å². The maximum absolute atomic E-state index is 13.4. The Bertz CT molecular complexity index is 835. The normalized spacial score (nSPS) is 11.3. The van der Waals surface area contributed by atoms with Crippen molar-refractivity contribution in [1.29, 1.82) is 0 Å². The van der Waals surface area contributed by atoms with E-state index in [1.165, 1.54) is 18.2 Å². The summed E-state index contributed by atoms with van der Waals surface area (Å²) in [5.74, 6) is -3.24. The predicted molar refractivity (Wildman–Crippen MR) is 85.7 cm³/mol. The van der Waals surface area contributed by atoms with Gasteiger partial charge in [-0.2, -0.15) is 0 Å². The molecule has 0 unspecified atom stereocenters. The van der Waals surface area contributed by atoms with Crippen molar-refractivity contribution in [2.75, 3.05) is 12.3 Å². The van der Waals surface area contributed by atoms with Gasteiger partial charge in [-0.05, 0) is 36.4 Å². The van der Waals surface area contributed by atoms with E-state index in [4.69, 9.17) is 0 Å². The number of hydrogen-bond acceptors (Lipinski definition) is 3. The van der Waals surface area contributed by atoms with Crippen molar-refractivity contribution < 1.29 is 26.4 Å². The number of halogens is 3. The van der Waals surface area contributed by atoms with Gasteiger partial charge in [-0.15, -0.1) is 0 Å². The Morgan fingerprint density at radius 2 is 1.56 bits per heavy atom. The Hall–Kier alpha value is -2.39. The van der Waals surface area contributed by atoms with Crippen LogP contribution in [0.25, 0.3) is 0 Å². The lowest BCUT2D eigenvalue weighted by atomic mass is 10.2. The largest absolute Gasteiger partial charge is 0.351 e. The van der Waals surface area contributed by atoms with Gasteiger partial charge in [-0.1, -0.05) is 6.07 Å². The lowest BCUT2D eigenvalue weighted by Gasteiger charge is -2.09. The molecular weight excluding hydrogens is 357 g/mol. The van der Waals surface area contributed by atoms with E-state index in [1.54, 1.807) is 0 Å². The van der Waals surface area contributed by atoms with Crippen molar-refractivity contribution in [3.8, 4) is 0 Å². The van der Waals surface area contributed by atoms with E-state index in [1.807, 2.05) is 0 Å². The van der Waals surface area contributed by atoms with Crippen LogP contribution in [0.4, 0.5) is 13.2 Å². The number of hydrogen-bond donors (Lipinski definition) is 2. The molecule has 1 amide bonds. The lowest BCUT2D eigenvalue weighted by molar-refractivity contribution is 0.0956. The van der Waals surface area contributed by atoms with Crippen molar-refractivity contribution in [2.45, 2.75) is 6.54 Å². The van der Waals surface area contributed by atoms with Crippen molar-refractivity contribution >= 4 is 15.9 Å². The molecule has 0 radical (unpaired) electrons. The predicted octanol–water partition coefficient (Wildman–Crippen LogP) is 1.95. The zero-order chi connectivity index (χ0) is 18.4. The molecule has 134 valence electrons. The van der Waals surface area contributed by atoms with Crippen LogP contribution in [0.5, 0.6) is 0 Å². The smallest absolute Gasteiger partial charge is 0.251 e. The maximum atomic E-state index is 13.4. The maximum Gasteiger partial charge on any atom is 0.251 e. The molecule has 25 heavy (non-hydrogen) atoms. The Morgan fingerprint density at radius 1 is 0.960 bits per heavy atom. The summed E-state index contributed by atoms with van der Waals surface area (Å²) in [7, 11) is -3.86. The minimum absolute atomic E-state index is 0.181. The van der Waals surface area contributed by atoms with E-state index in [2.05, 4.69) is 10.0 Å². The number of nitrogens with one attached hydrogen (secondary N) is 2. The Balaban J connectivity index is 1.85. The van der Waals surface area contributed by atoms with Crippen molar-refractivity contribution in [1.82, 2.24) is 10.0 Å². The highest BCUT2D eigenvalue weighted by Crippen LogP contribution is 2.11. The monoisotopic (exact) mass is 372 g/mol. The van der Waals surface area contributed by atoms with Crippen molar-refractivity contribution in [2.24, 2.45) is 0 Å². The van der Waals surface area contributed by atoms with E-state index in [0.29, 0.717) is 0 Å². The fraction of sp³-hybridized carbons (Fsp3) is 0.188. The first-order chi connectivity index (χ1) is 11.8. The summed E-state index contributed by atoms with van der Waals surface area (Å²) in [6.07, 6.45) is 0. The molecule has 2 rings (SSSR count). The topological polar surface area (TPSA) is 75.3 Å². The third-order valence-corrected chi connectivity index (χ3v) is 4.62. The molecule has 0 saturated heterocycles. The average Bonchev–Trinajstić information content (AvgIpc) is 2.54. The number of carbonyl (C=O) groups is 1. The molecule has 0 aliphatic heterocycles. The molecule has 2 aromatic carbocycles. The van der Waals surface area contributed by atoms with Crippen molar-refractivity contribution in [3.63, 3.8) is 0 Å². The summed E-state index contributed by atoms with van der Waals surface area (Å²) in [6, 6.07) is 7.96. The molecule has 0 bridgehead atoms. The molecule has 2 aromatic rings. The third-order valence-electron chi connectivity index (χ3n) is 3.29. The second-order valence-corrected chi connectivity index (χ2v) is 7.03. The highest BCUT2D eigenvalue weighted by molar-refractivity contribution is 7.89. The van der Waals surface area contributed by atoms with Crippen LogP contribution in [0.2, 0.25) is 0 Å². The van der Waals surface area contributed by atoms with E-state index >= 15 is 0 Å². The number of carbonyl (C=O) groups excluding carboxylic acids is 1. The minimum Gasteiger partial charge on any atom is -0.351 e. The van der Waals surface area contributed by atoms with Gasteiger partial charge in [0.25, 0.3) is 5.91 Å². The first-order valence-corrected chi connectivity index (χ1v) is 8.88. The molecule has 2 N–H and O–H groups in total. The zero-order valence-corrected chi connectivity index (χ0v) is 13.7. The molecule has 0 fully saturated rings. The van der Waals surface area contributed by atoms with Crippen LogP contribution >= 0.6 is 0 Å². The van der Waals surface area contributed by atoms with E-state index in [-0.39, 0.29) is 17.7 Å². The molecule has 0 atom stereocenters. The molecule has 0 aliphatic carbocycles. The van der Waals surface area contributed by atoms with E-state index in [9.17, 15) is 26.4 Å². The summed E-state index contributed by atoms with van der Waals surface area (Å²) in [4.78, 5) is 11.8. The van der Waals surface area contributed by atoms with Crippen LogP contribution in [0.15, 0.2) is 42.5 Å². The van der Waals surface area contributed by atoms with E-state index in [0.717, 1.165) is 24.3 Å². The fourth-order valence-electron chi connectivity index (χ4n) is 1.96. The number of benzene rings is 2. The minimum atomic E-state index is -3.86. The summed E-state index contributed by atoms with van der Waals surface area (Å²) < 4.78 is 65.4. The zero-order valence-electron chi connectivity index (χ0n) is 12.9. The molecule has 0 aromatic heterocycles. The summed E-state index contributed by atoms with van der Waals surface area (Å²) >= 11 is 0. The van der Waals surface area contributed by atoms with Crippen molar-refractivity contribution in [3.05, 3.63) is 71.0 Å². The molecule has 0 spiro atoms. The fourth-order valence-corrected chi connectivity index (χ4v) is 2.84. The van der Waals surface area contributed by atoms with Gasteiger partial charge >= 0.3 is 0 Å². The van der Waals surface area contributed by atoms with Gasteiger partial charge < -0.3 is 5.32 Å². The second-order valence-electron chi connectivity index (χ2n) is 5.10. The SMILES string of the molecule is O=C(NCCS(=O)(=O)NCc1c(F)cccc1F)c1ccc(F)cc1. The third kappa shape index (κ3) is 5.57. The highest BCUT2D eigenvalue weighted by atomic mass is 32.2. The van der Waals surface area contributed by atoms with Gasteiger partial charge in [-0.3, -0.25) is 4.79 Å². The van der Waals surface area contributed by atoms with Gasteiger partial charge in [0.1, 0.15) is 17.5 Å². The Morgan fingerprint density at radius 3 is 2.16 bits per heavy atom. The van der Waals surface area contributed by atoms with Crippen LogP contribution in [0.3, 0.4) is 0 Å². The van der Waals surface area contributed by atoms with Gasteiger partial charge in [-0.25, -0.2) is 26.3 Å². The number of amides is 1. The lowest BCUT2D eigenvalue weighted by Crippen LogP contribution is -2.34. The summed E-state index contributed by atoms with van der Waals surface area (Å²) in [5.41, 5.74) is -0.207. The molecule has 0 saturated carbocycles. The number of rotatable bonds is 7. The van der Waals surface area contributed by atoms with Crippen LogP contribution in [0, 0.1) is 17.5 Å². The first kappa shape index (κ1) is 18.9.